The Morgan fingerprint density at radius 1 is 1.11 bits per heavy atom. The maximum absolute atomic E-state index is 12.4. The summed E-state index contributed by atoms with van der Waals surface area (Å²) < 4.78 is 1.21. The van der Waals surface area contributed by atoms with Gasteiger partial charge in [-0.1, -0.05) is 30.0 Å². The highest BCUT2D eigenvalue weighted by molar-refractivity contribution is 7.99. The average Bonchev–Trinajstić information content (AvgIpc) is 3.44. The Balaban J connectivity index is 1.38. The van der Waals surface area contributed by atoms with Crippen molar-refractivity contribution in [1.29, 1.82) is 0 Å². The van der Waals surface area contributed by atoms with Gasteiger partial charge in [0, 0.05) is 23.3 Å². The van der Waals surface area contributed by atoms with E-state index in [-0.39, 0.29) is 24.3 Å². The zero-order valence-corrected chi connectivity index (χ0v) is 16.2. The van der Waals surface area contributed by atoms with Gasteiger partial charge in [-0.25, -0.2) is 4.98 Å². The summed E-state index contributed by atoms with van der Waals surface area (Å²) in [6, 6.07) is 10.6. The molecule has 7 nitrogen and oxygen atoms in total. The van der Waals surface area contributed by atoms with Crippen molar-refractivity contribution in [2.45, 2.75) is 5.16 Å². The van der Waals surface area contributed by atoms with Gasteiger partial charge in [-0.05, 0) is 29.7 Å². The van der Waals surface area contributed by atoms with Crippen LogP contribution in [0, 0.1) is 0 Å². The topological polar surface area (TPSA) is 85.2 Å². The standard InChI is InChI=1S/C19H14N4O3S2/c24-16(8-7-13-4-3-10-27-13)23-19(20-12-21-23)28-11-9-22-17(25)14-5-1-2-6-15(14)18(22)26/h1-8,10,12H,9,11H2. The molecule has 2 amide bonds. The normalized spacial score (nSPS) is 13.5. The smallest absolute Gasteiger partial charge is 0.273 e. The van der Waals surface area contributed by atoms with Crippen LogP contribution in [0.2, 0.25) is 0 Å². The number of nitrogens with zero attached hydrogens (tertiary/aromatic N) is 4. The average molecular weight is 410 g/mol. The fourth-order valence-electron chi connectivity index (χ4n) is 2.76. The highest BCUT2D eigenvalue weighted by atomic mass is 32.2. The molecule has 0 saturated carbocycles. The van der Waals surface area contributed by atoms with Gasteiger partial charge < -0.3 is 0 Å². The lowest BCUT2D eigenvalue weighted by molar-refractivity contribution is 0.0663. The molecule has 1 aromatic carbocycles. The first-order chi connectivity index (χ1) is 13.6. The Kier molecular flexibility index (Phi) is 5.18. The minimum absolute atomic E-state index is 0.225. The maximum Gasteiger partial charge on any atom is 0.273 e. The fraction of sp³-hybridized carbons (Fsp3) is 0.105. The third-order valence-corrected chi connectivity index (χ3v) is 5.84. The molecule has 0 unspecified atom stereocenters. The summed E-state index contributed by atoms with van der Waals surface area (Å²) in [5, 5.41) is 6.31. The Labute approximate surface area is 168 Å². The van der Waals surface area contributed by atoms with E-state index in [1.165, 1.54) is 45.1 Å². The second-order valence-corrected chi connectivity index (χ2v) is 7.84. The summed E-state index contributed by atoms with van der Waals surface area (Å²) >= 11 is 2.80. The van der Waals surface area contributed by atoms with Gasteiger partial charge in [0.25, 0.3) is 17.7 Å². The fourth-order valence-corrected chi connectivity index (χ4v) is 4.22. The van der Waals surface area contributed by atoms with E-state index in [4.69, 9.17) is 0 Å². The van der Waals surface area contributed by atoms with Crippen molar-refractivity contribution < 1.29 is 14.4 Å². The summed E-state index contributed by atoms with van der Waals surface area (Å²) in [7, 11) is 0. The Morgan fingerprint density at radius 3 is 2.54 bits per heavy atom. The van der Waals surface area contributed by atoms with Crippen LogP contribution < -0.4 is 0 Å². The van der Waals surface area contributed by atoms with Crippen LogP contribution in [-0.2, 0) is 0 Å². The first-order valence-electron chi connectivity index (χ1n) is 8.39. The van der Waals surface area contributed by atoms with Crippen molar-refractivity contribution in [2.24, 2.45) is 0 Å². The predicted molar refractivity (Wildman–Crippen MR) is 107 cm³/mol. The molecule has 0 radical (unpaired) electrons. The van der Waals surface area contributed by atoms with Crippen molar-refractivity contribution in [3.05, 3.63) is 70.2 Å². The van der Waals surface area contributed by atoms with Gasteiger partial charge in [0.15, 0.2) is 5.16 Å². The molecule has 0 N–H and O–H groups in total. The van der Waals surface area contributed by atoms with Crippen molar-refractivity contribution in [3.63, 3.8) is 0 Å². The molecular weight excluding hydrogens is 396 g/mol. The molecule has 0 atom stereocenters. The van der Waals surface area contributed by atoms with Crippen LogP contribution in [0.4, 0.5) is 0 Å². The summed E-state index contributed by atoms with van der Waals surface area (Å²) in [4.78, 5) is 43.4. The third kappa shape index (κ3) is 3.54. The van der Waals surface area contributed by atoms with E-state index in [0.29, 0.717) is 22.0 Å². The molecule has 0 spiro atoms. The lowest BCUT2D eigenvalue weighted by atomic mass is 10.1. The van der Waals surface area contributed by atoms with E-state index in [9.17, 15) is 14.4 Å². The highest BCUT2D eigenvalue weighted by Crippen LogP contribution is 2.23. The Bertz CT molecular complexity index is 1040. The van der Waals surface area contributed by atoms with Crippen LogP contribution in [0.5, 0.6) is 0 Å². The zero-order valence-electron chi connectivity index (χ0n) is 14.5. The summed E-state index contributed by atoms with van der Waals surface area (Å²) in [6.07, 6.45) is 4.47. The van der Waals surface area contributed by atoms with Crippen molar-refractivity contribution in [3.8, 4) is 0 Å². The molecule has 0 bridgehead atoms. The van der Waals surface area contributed by atoms with Crippen LogP contribution in [-0.4, -0.2) is 49.7 Å². The molecule has 28 heavy (non-hydrogen) atoms. The number of imide groups is 1. The lowest BCUT2D eigenvalue weighted by Crippen LogP contribution is -2.31. The van der Waals surface area contributed by atoms with Crippen LogP contribution in [0.1, 0.15) is 30.4 Å². The van der Waals surface area contributed by atoms with Crippen molar-refractivity contribution in [1.82, 2.24) is 19.7 Å². The molecular formula is C19H14N4O3S2. The molecule has 9 heteroatoms. The number of carbonyl (C=O) groups is 3. The van der Waals surface area contributed by atoms with E-state index in [0.717, 1.165) is 4.88 Å². The van der Waals surface area contributed by atoms with E-state index < -0.39 is 0 Å². The molecule has 1 aliphatic heterocycles. The van der Waals surface area contributed by atoms with Gasteiger partial charge in [0.1, 0.15) is 6.33 Å². The van der Waals surface area contributed by atoms with E-state index >= 15 is 0 Å². The monoisotopic (exact) mass is 410 g/mol. The molecule has 2 aromatic heterocycles. The number of amides is 2. The van der Waals surface area contributed by atoms with Gasteiger partial charge in [0.2, 0.25) is 0 Å². The number of allylic oxidation sites excluding steroid dienone is 1. The van der Waals surface area contributed by atoms with Crippen LogP contribution in [0.15, 0.2) is 59.3 Å². The second kappa shape index (κ2) is 7.91. The van der Waals surface area contributed by atoms with Gasteiger partial charge in [-0.3, -0.25) is 19.3 Å². The second-order valence-electron chi connectivity index (χ2n) is 5.80. The van der Waals surface area contributed by atoms with Gasteiger partial charge >= 0.3 is 0 Å². The minimum atomic E-state index is -0.311. The van der Waals surface area contributed by atoms with E-state index in [1.807, 2.05) is 17.5 Å². The molecule has 4 rings (SSSR count). The zero-order chi connectivity index (χ0) is 19.5. The maximum atomic E-state index is 12.4. The SMILES string of the molecule is O=C1c2ccccc2C(=O)N1CCSc1ncnn1C(=O)C=Cc1cccs1. The van der Waals surface area contributed by atoms with Crippen LogP contribution in [0.3, 0.4) is 0 Å². The number of thiophene rings is 1. The molecule has 3 heterocycles. The summed E-state index contributed by atoms with van der Waals surface area (Å²) in [5.74, 6) is -0.490. The van der Waals surface area contributed by atoms with Crippen molar-refractivity contribution in [2.75, 3.05) is 12.3 Å². The third-order valence-electron chi connectivity index (χ3n) is 4.08. The number of hydrogen-bond acceptors (Lipinski definition) is 7. The number of thioether (sulfide) groups is 1. The number of benzene rings is 1. The largest absolute Gasteiger partial charge is 0.273 e. The molecule has 0 saturated heterocycles. The van der Waals surface area contributed by atoms with Gasteiger partial charge in [-0.15, -0.1) is 11.3 Å². The van der Waals surface area contributed by atoms with E-state index in [2.05, 4.69) is 10.1 Å². The lowest BCUT2D eigenvalue weighted by Gasteiger charge is -2.12. The van der Waals surface area contributed by atoms with Gasteiger partial charge in [0.05, 0.1) is 11.1 Å². The molecule has 3 aromatic rings. The predicted octanol–water partition coefficient (Wildman–Crippen LogP) is 3.08. The van der Waals surface area contributed by atoms with Crippen LogP contribution >= 0.6 is 23.1 Å². The Hall–Kier alpha value is -3.04. The number of fused-ring (bicyclic) bond motifs is 1. The molecule has 140 valence electrons. The number of aromatic nitrogens is 3. The first kappa shape index (κ1) is 18.3. The molecule has 0 fully saturated rings. The highest BCUT2D eigenvalue weighted by Gasteiger charge is 2.34. The van der Waals surface area contributed by atoms with E-state index in [1.54, 1.807) is 30.3 Å². The molecule has 1 aliphatic rings. The quantitative estimate of drug-likeness (QED) is 0.353. The molecule has 0 aliphatic carbocycles. The first-order valence-corrected chi connectivity index (χ1v) is 10.3. The summed E-state index contributed by atoms with van der Waals surface area (Å²) in [5.41, 5.74) is 0.851. The van der Waals surface area contributed by atoms with Crippen molar-refractivity contribution >= 4 is 46.9 Å². The van der Waals surface area contributed by atoms with Gasteiger partial charge in [-0.2, -0.15) is 9.78 Å². The number of carbonyl (C=O) groups excluding carboxylic acids is 3. The van der Waals surface area contributed by atoms with Crippen LogP contribution in [0.25, 0.3) is 6.08 Å². The number of rotatable bonds is 6. The number of hydrogen-bond donors (Lipinski definition) is 0. The Morgan fingerprint density at radius 2 is 1.86 bits per heavy atom. The minimum Gasteiger partial charge on any atom is -0.273 e. The summed E-state index contributed by atoms with van der Waals surface area (Å²) in [6.45, 7) is 0.225.